The lowest BCUT2D eigenvalue weighted by Crippen LogP contribution is -2.20. The van der Waals surface area contributed by atoms with Crippen molar-refractivity contribution in [3.63, 3.8) is 0 Å². The molecule has 1 heterocycles. The number of methoxy groups -OCH3 is 1. The van der Waals surface area contributed by atoms with Gasteiger partial charge in [0.2, 0.25) is 11.0 Å². The van der Waals surface area contributed by atoms with E-state index < -0.39 is 5.38 Å². The van der Waals surface area contributed by atoms with Crippen LogP contribution in [0.4, 0.5) is 5.13 Å². The van der Waals surface area contributed by atoms with Gasteiger partial charge in [0.1, 0.15) is 16.1 Å². The predicted molar refractivity (Wildman–Crippen MR) is 79.7 cm³/mol. The summed E-state index contributed by atoms with van der Waals surface area (Å²) in [7, 11) is 1.63. The van der Waals surface area contributed by atoms with Crippen molar-refractivity contribution in [3.05, 3.63) is 34.8 Å². The van der Waals surface area contributed by atoms with Crippen LogP contribution in [-0.4, -0.2) is 28.6 Å². The van der Waals surface area contributed by atoms with Gasteiger partial charge < -0.3 is 4.74 Å². The number of halogens is 1. The summed E-state index contributed by atoms with van der Waals surface area (Å²) in [5.41, 5.74) is 1.02. The number of anilines is 1. The lowest BCUT2D eigenvalue weighted by molar-refractivity contribution is -0.115. The molecule has 20 heavy (non-hydrogen) atoms. The monoisotopic (exact) mass is 311 g/mol. The molecule has 1 N–H and O–H groups in total. The molecule has 0 bridgehead atoms. The first-order valence-corrected chi connectivity index (χ1v) is 7.24. The first-order chi connectivity index (χ1) is 9.60. The van der Waals surface area contributed by atoms with E-state index in [1.807, 2.05) is 24.3 Å². The standard InChI is InChI=1S/C13H14ClN3O2S/c1-8(14)12(18)15-13-17-16-11(20-13)7-9-5-3-4-6-10(9)19-2/h3-6,8H,7H2,1-2H3,(H,15,17,18)/t8-/m1/s1. The molecule has 0 aliphatic rings. The van der Waals surface area contributed by atoms with Gasteiger partial charge in [-0.05, 0) is 13.0 Å². The zero-order valence-electron chi connectivity index (χ0n) is 11.1. The third-order valence-corrected chi connectivity index (χ3v) is 3.63. The number of carbonyl (C=O) groups excluding carboxylic acids is 1. The van der Waals surface area contributed by atoms with Crippen LogP contribution in [0.3, 0.4) is 0 Å². The number of benzene rings is 1. The molecular formula is C13H14ClN3O2S. The molecule has 0 unspecified atom stereocenters. The molecule has 1 atom stereocenters. The van der Waals surface area contributed by atoms with Crippen LogP contribution in [0.2, 0.25) is 0 Å². The van der Waals surface area contributed by atoms with Gasteiger partial charge in [0.15, 0.2) is 0 Å². The van der Waals surface area contributed by atoms with Gasteiger partial charge in [-0.2, -0.15) is 0 Å². The minimum atomic E-state index is -0.600. The van der Waals surface area contributed by atoms with Crippen molar-refractivity contribution < 1.29 is 9.53 Å². The highest BCUT2D eigenvalue weighted by atomic mass is 35.5. The second kappa shape index (κ2) is 6.67. The summed E-state index contributed by atoms with van der Waals surface area (Å²) in [6.07, 6.45) is 0.605. The Bertz CT molecular complexity index is 601. The molecule has 0 saturated heterocycles. The second-order valence-corrected chi connectivity index (χ2v) is 5.81. The quantitative estimate of drug-likeness (QED) is 0.862. The summed E-state index contributed by atoms with van der Waals surface area (Å²) < 4.78 is 5.29. The number of hydrogen-bond acceptors (Lipinski definition) is 5. The maximum absolute atomic E-state index is 11.5. The fourth-order valence-corrected chi connectivity index (χ4v) is 2.41. The van der Waals surface area contributed by atoms with E-state index in [1.165, 1.54) is 11.3 Å². The first-order valence-electron chi connectivity index (χ1n) is 5.99. The Morgan fingerprint density at radius 2 is 2.20 bits per heavy atom. The molecule has 5 nitrogen and oxygen atoms in total. The molecule has 2 rings (SSSR count). The Labute approximate surface area is 125 Å². The minimum absolute atomic E-state index is 0.286. The SMILES string of the molecule is COc1ccccc1Cc1nnc(NC(=O)[C@@H](C)Cl)s1. The Balaban J connectivity index is 2.08. The van der Waals surface area contributed by atoms with Crippen LogP contribution < -0.4 is 10.1 Å². The molecule has 2 aromatic rings. The number of para-hydroxylation sites is 1. The van der Waals surface area contributed by atoms with Crippen molar-refractivity contribution in [2.24, 2.45) is 0 Å². The van der Waals surface area contributed by atoms with Crippen molar-refractivity contribution in [3.8, 4) is 5.75 Å². The van der Waals surface area contributed by atoms with Crippen molar-refractivity contribution in [2.45, 2.75) is 18.7 Å². The lowest BCUT2D eigenvalue weighted by Gasteiger charge is -2.05. The number of rotatable bonds is 5. The summed E-state index contributed by atoms with van der Waals surface area (Å²) >= 11 is 7.01. The van der Waals surface area contributed by atoms with Crippen molar-refractivity contribution in [2.75, 3.05) is 12.4 Å². The number of nitrogens with one attached hydrogen (secondary N) is 1. The van der Waals surface area contributed by atoms with Crippen LogP contribution in [0.15, 0.2) is 24.3 Å². The number of nitrogens with zero attached hydrogens (tertiary/aromatic N) is 2. The van der Waals surface area contributed by atoms with E-state index in [0.717, 1.165) is 16.3 Å². The molecule has 7 heteroatoms. The Hall–Kier alpha value is -1.66. The second-order valence-electron chi connectivity index (χ2n) is 4.09. The Morgan fingerprint density at radius 1 is 1.45 bits per heavy atom. The first kappa shape index (κ1) is 14.7. The van der Waals surface area contributed by atoms with Gasteiger partial charge in [0.25, 0.3) is 0 Å². The van der Waals surface area contributed by atoms with Crippen molar-refractivity contribution in [1.82, 2.24) is 10.2 Å². The van der Waals surface area contributed by atoms with Crippen LogP contribution in [0.25, 0.3) is 0 Å². The molecule has 1 aromatic heterocycles. The molecule has 0 aliphatic heterocycles. The van der Waals surface area contributed by atoms with Crippen molar-refractivity contribution in [1.29, 1.82) is 0 Å². The minimum Gasteiger partial charge on any atom is -0.496 e. The van der Waals surface area contributed by atoms with Crippen LogP contribution in [0.5, 0.6) is 5.75 Å². The molecule has 1 aromatic carbocycles. The van der Waals surface area contributed by atoms with Gasteiger partial charge >= 0.3 is 0 Å². The molecule has 0 saturated carbocycles. The molecule has 0 fully saturated rings. The molecular weight excluding hydrogens is 298 g/mol. The van der Waals surface area contributed by atoms with Gasteiger partial charge in [0, 0.05) is 12.0 Å². The summed E-state index contributed by atoms with van der Waals surface area (Å²) in [5.74, 6) is 0.523. The summed E-state index contributed by atoms with van der Waals surface area (Å²) in [4.78, 5) is 11.5. The van der Waals surface area contributed by atoms with E-state index in [2.05, 4.69) is 15.5 Å². The normalized spacial score (nSPS) is 11.9. The van der Waals surface area contributed by atoms with Crippen LogP contribution >= 0.6 is 22.9 Å². The number of hydrogen-bond donors (Lipinski definition) is 1. The summed E-state index contributed by atoms with van der Waals surface area (Å²) in [6, 6.07) is 7.72. The number of amides is 1. The average molecular weight is 312 g/mol. The molecule has 106 valence electrons. The predicted octanol–water partition coefficient (Wildman–Crippen LogP) is 2.70. The lowest BCUT2D eigenvalue weighted by atomic mass is 10.1. The van der Waals surface area contributed by atoms with Crippen molar-refractivity contribution >= 4 is 34.0 Å². The van der Waals surface area contributed by atoms with Crippen LogP contribution in [0.1, 0.15) is 17.5 Å². The molecule has 0 spiro atoms. The maximum atomic E-state index is 11.5. The van der Waals surface area contributed by atoms with Gasteiger partial charge in [0.05, 0.1) is 7.11 Å². The number of ether oxygens (including phenoxy) is 1. The van der Waals surface area contributed by atoms with Gasteiger partial charge in [-0.1, -0.05) is 29.5 Å². The highest BCUT2D eigenvalue weighted by Crippen LogP contribution is 2.24. The fourth-order valence-electron chi connectivity index (χ4n) is 1.59. The number of aromatic nitrogens is 2. The third kappa shape index (κ3) is 3.68. The number of alkyl halides is 1. The van der Waals surface area contributed by atoms with E-state index in [0.29, 0.717) is 11.6 Å². The van der Waals surface area contributed by atoms with E-state index in [-0.39, 0.29) is 5.91 Å². The fraction of sp³-hybridized carbons (Fsp3) is 0.308. The molecule has 0 radical (unpaired) electrons. The van der Waals surface area contributed by atoms with E-state index in [1.54, 1.807) is 14.0 Å². The van der Waals surface area contributed by atoms with E-state index in [4.69, 9.17) is 16.3 Å². The van der Waals surface area contributed by atoms with E-state index >= 15 is 0 Å². The smallest absolute Gasteiger partial charge is 0.243 e. The highest BCUT2D eigenvalue weighted by Gasteiger charge is 2.13. The van der Waals surface area contributed by atoms with Gasteiger partial charge in [-0.3, -0.25) is 10.1 Å². The third-order valence-electron chi connectivity index (χ3n) is 2.59. The molecule has 1 amide bonds. The Kier molecular flexibility index (Phi) is 4.92. The Morgan fingerprint density at radius 3 is 2.90 bits per heavy atom. The average Bonchev–Trinajstić information content (AvgIpc) is 2.86. The number of carbonyl (C=O) groups is 1. The molecule has 0 aliphatic carbocycles. The largest absolute Gasteiger partial charge is 0.496 e. The van der Waals surface area contributed by atoms with Gasteiger partial charge in [-0.25, -0.2) is 0 Å². The van der Waals surface area contributed by atoms with Crippen LogP contribution in [0, 0.1) is 0 Å². The van der Waals surface area contributed by atoms with Gasteiger partial charge in [-0.15, -0.1) is 21.8 Å². The highest BCUT2D eigenvalue weighted by molar-refractivity contribution is 7.15. The zero-order chi connectivity index (χ0) is 14.5. The topological polar surface area (TPSA) is 64.1 Å². The maximum Gasteiger partial charge on any atom is 0.243 e. The summed E-state index contributed by atoms with van der Waals surface area (Å²) in [6.45, 7) is 1.60. The zero-order valence-corrected chi connectivity index (χ0v) is 12.7. The summed E-state index contributed by atoms with van der Waals surface area (Å²) in [5, 5.41) is 11.2. The van der Waals surface area contributed by atoms with E-state index in [9.17, 15) is 4.79 Å². The van der Waals surface area contributed by atoms with Crippen LogP contribution in [-0.2, 0) is 11.2 Å².